The van der Waals surface area contributed by atoms with E-state index < -0.39 is 51.4 Å². The second-order valence-electron chi connectivity index (χ2n) is 10.9. The maximum atomic E-state index is 14.4. The van der Waals surface area contributed by atoms with E-state index in [2.05, 4.69) is 18.5 Å². The highest BCUT2D eigenvalue weighted by Gasteiger charge is 2.46. The van der Waals surface area contributed by atoms with Gasteiger partial charge in [-0.3, -0.25) is 14.5 Å². The first-order chi connectivity index (χ1) is 22.8. The van der Waals surface area contributed by atoms with Gasteiger partial charge in [-0.25, -0.2) is 17.5 Å². The summed E-state index contributed by atoms with van der Waals surface area (Å²) >= 11 is 0. The van der Waals surface area contributed by atoms with Crippen molar-refractivity contribution in [3.63, 3.8) is 0 Å². The summed E-state index contributed by atoms with van der Waals surface area (Å²) in [6.45, 7) is 8.43. The first-order valence-corrected chi connectivity index (χ1v) is 16.3. The zero-order chi connectivity index (χ0) is 34.8. The summed E-state index contributed by atoms with van der Waals surface area (Å²) in [5.41, 5.74) is 0.0899. The Bertz CT molecular complexity index is 1960. The van der Waals surface area contributed by atoms with Crippen LogP contribution >= 0.6 is 0 Å². The maximum absolute atomic E-state index is 14.4. The molecule has 14 heteroatoms. The summed E-state index contributed by atoms with van der Waals surface area (Å²) in [6.07, 6.45) is -3.33. The van der Waals surface area contributed by atoms with Crippen molar-refractivity contribution in [2.75, 3.05) is 18.0 Å². The van der Waals surface area contributed by atoms with Gasteiger partial charge in [0.15, 0.2) is 0 Å². The molecular weight excluding hydrogens is 650 g/mol. The largest absolute Gasteiger partial charge is 0.416 e. The van der Waals surface area contributed by atoms with Gasteiger partial charge < -0.3 is 5.32 Å². The molecule has 0 unspecified atom stereocenters. The van der Waals surface area contributed by atoms with Gasteiger partial charge in [-0.1, -0.05) is 49.1 Å². The Labute approximate surface area is 274 Å². The number of alkyl halides is 3. The van der Waals surface area contributed by atoms with Crippen molar-refractivity contribution in [2.24, 2.45) is 0 Å². The van der Waals surface area contributed by atoms with E-state index in [1.54, 1.807) is 37.3 Å². The van der Waals surface area contributed by atoms with E-state index in [-0.39, 0.29) is 36.7 Å². The van der Waals surface area contributed by atoms with Crippen molar-refractivity contribution in [2.45, 2.75) is 31.6 Å². The Hall–Kier alpha value is -5.08. The Morgan fingerprint density at radius 3 is 2.33 bits per heavy atom. The summed E-state index contributed by atoms with van der Waals surface area (Å²) < 4.78 is 83.3. The number of carbonyl (C=O) groups excluding carboxylic acids is 2. The van der Waals surface area contributed by atoms with Crippen LogP contribution in [-0.4, -0.2) is 53.4 Å². The van der Waals surface area contributed by atoms with Gasteiger partial charge in [0, 0.05) is 35.5 Å². The number of carbonyl (C=O) groups is 2. The summed E-state index contributed by atoms with van der Waals surface area (Å²) in [7, 11) is -4.02. The first-order valence-electron chi connectivity index (χ1n) is 14.8. The van der Waals surface area contributed by atoms with Crippen LogP contribution in [0, 0.1) is 5.82 Å². The molecule has 250 valence electrons. The van der Waals surface area contributed by atoms with Crippen LogP contribution in [0.15, 0.2) is 104 Å². The number of fused-ring (bicyclic) bond motifs is 1. The quantitative estimate of drug-likeness (QED) is 0.160. The fraction of sp³-hybridized carbons (Fsp3) is 0.206. The highest BCUT2D eigenvalue weighted by Crippen LogP contribution is 2.44. The molecule has 0 radical (unpaired) electrons. The number of amides is 2. The van der Waals surface area contributed by atoms with Crippen molar-refractivity contribution in [1.82, 2.24) is 19.4 Å². The van der Waals surface area contributed by atoms with Crippen molar-refractivity contribution in [3.05, 3.63) is 137 Å². The summed E-state index contributed by atoms with van der Waals surface area (Å²) in [5, 5.41) is 8.23. The van der Waals surface area contributed by atoms with E-state index in [9.17, 15) is 35.6 Å². The standard InChI is InChI=1S/C34H31F4N5O4S/c1-4-19-41(48(46,47)6-3)21-27-29-28(22-15-17-25(35)18-16-22)30(39-31(44)23-11-10-12-24(20-23)34(36,37)38)33(45)42(5-2)32(29)43(40-27)26-13-8-7-9-14-26/h4,6-18,20,28,30H,1,3,5,19,21H2,2H3,(H,39,44)/t28-,30-/m0/s1. The van der Waals surface area contributed by atoms with E-state index in [1.807, 2.05) is 0 Å². The molecule has 1 aliphatic heterocycles. The molecule has 0 fully saturated rings. The minimum atomic E-state index is -4.72. The number of aromatic nitrogens is 2. The van der Waals surface area contributed by atoms with Gasteiger partial charge >= 0.3 is 6.18 Å². The van der Waals surface area contributed by atoms with Gasteiger partial charge in [-0.2, -0.15) is 22.6 Å². The second-order valence-corrected chi connectivity index (χ2v) is 12.7. The third-order valence-corrected chi connectivity index (χ3v) is 9.34. The molecule has 9 nitrogen and oxygen atoms in total. The average Bonchev–Trinajstić information content (AvgIpc) is 3.44. The van der Waals surface area contributed by atoms with E-state index in [0.717, 1.165) is 21.8 Å². The number of hydrogen-bond donors (Lipinski definition) is 1. The van der Waals surface area contributed by atoms with E-state index in [4.69, 9.17) is 5.10 Å². The molecule has 48 heavy (non-hydrogen) atoms. The molecule has 2 atom stereocenters. The fourth-order valence-electron chi connectivity index (χ4n) is 5.71. The first kappa shape index (κ1) is 34.3. The normalized spacial score (nSPS) is 16.5. The van der Waals surface area contributed by atoms with Crippen LogP contribution < -0.4 is 10.2 Å². The number of halogens is 4. The molecule has 0 bridgehead atoms. The maximum Gasteiger partial charge on any atom is 0.416 e. The molecule has 1 N–H and O–H groups in total. The average molecular weight is 682 g/mol. The monoisotopic (exact) mass is 681 g/mol. The highest BCUT2D eigenvalue weighted by molar-refractivity contribution is 7.92. The smallest absolute Gasteiger partial charge is 0.339 e. The third-order valence-electron chi connectivity index (χ3n) is 7.92. The van der Waals surface area contributed by atoms with E-state index in [0.29, 0.717) is 22.9 Å². The molecule has 3 aromatic carbocycles. The fourth-order valence-corrected chi connectivity index (χ4v) is 6.53. The number of nitrogens with one attached hydrogen (secondary N) is 1. The molecule has 5 rings (SSSR count). The van der Waals surface area contributed by atoms with E-state index >= 15 is 0 Å². The number of hydrogen-bond acceptors (Lipinski definition) is 5. The molecule has 2 amide bonds. The molecule has 0 aliphatic carbocycles. The lowest BCUT2D eigenvalue weighted by Gasteiger charge is -2.38. The molecule has 0 saturated heterocycles. The molecule has 2 heterocycles. The molecular formula is C34H31F4N5O4S. The number of sulfonamides is 1. The lowest BCUT2D eigenvalue weighted by molar-refractivity contribution is -0.137. The lowest BCUT2D eigenvalue weighted by atomic mass is 9.80. The SMILES string of the molecule is C=CCN(Cc1nn(-c2ccccc2)c2c1[C@H](c1ccc(F)cc1)[C@H](NC(=O)c1cccc(C(F)(F)F)c1)C(=O)N2CC)S(=O)(=O)C=C. The molecule has 0 spiro atoms. The van der Waals surface area contributed by atoms with Gasteiger partial charge in [0.05, 0.1) is 23.5 Å². The lowest BCUT2D eigenvalue weighted by Crippen LogP contribution is -2.55. The Morgan fingerprint density at radius 2 is 1.73 bits per heavy atom. The van der Waals surface area contributed by atoms with Gasteiger partial charge in [0.2, 0.25) is 10.0 Å². The van der Waals surface area contributed by atoms with Crippen molar-refractivity contribution in [1.29, 1.82) is 0 Å². The number of para-hydroxylation sites is 1. The third kappa shape index (κ3) is 6.66. The molecule has 4 aromatic rings. The van der Waals surface area contributed by atoms with Crippen LogP contribution in [-0.2, 0) is 27.5 Å². The molecule has 1 aliphatic rings. The number of rotatable bonds is 11. The van der Waals surface area contributed by atoms with Crippen molar-refractivity contribution >= 4 is 27.7 Å². The Kier molecular flexibility index (Phi) is 9.69. The van der Waals surface area contributed by atoms with Crippen LogP contribution in [0.2, 0.25) is 0 Å². The van der Waals surface area contributed by atoms with Crippen LogP contribution in [0.5, 0.6) is 0 Å². The Balaban J connectivity index is 1.75. The molecule has 0 saturated carbocycles. The second kappa shape index (κ2) is 13.6. The number of anilines is 1. The van der Waals surface area contributed by atoms with Gasteiger partial charge in [-0.15, -0.1) is 6.58 Å². The number of nitrogens with zero attached hydrogens (tertiary/aromatic N) is 4. The van der Waals surface area contributed by atoms with Crippen LogP contribution in [0.1, 0.15) is 45.6 Å². The van der Waals surface area contributed by atoms with E-state index in [1.165, 1.54) is 46.0 Å². The van der Waals surface area contributed by atoms with Crippen LogP contribution in [0.3, 0.4) is 0 Å². The highest BCUT2D eigenvalue weighted by atomic mass is 32.2. The Morgan fingerprint density at radius 1 is 1.04 bits per heavy atom. The van der Waals surface area contributed by atoms with Crippen molar-refractivity contribution in [3.8, 4) is 5.69 Å². The zero-order valence-corrected chi connectivity index (χ0v) is 26.5. The van der Waals surface area contributed by atoms with Crippen molar-refractivity contribution < 1.29 is 35.6 Å². The minimum Gasteiger partial charge on any atom is -0.339 e. The summed E-state index contributed by atoms with van der Waals surface area (Å²) in [5.74, 6) is -2.92. The van der Waals surface area contributed by atoms with Crippen LogP contribution in [0.25, 0.3) is 5.69 Å². The number of benzene rings is 3. The summed E-state index contributed by atoms with van der Waals surface area (Å²) in [6, 6.07) is 16.3. The number of likely N-dealkylation sites (N-methyl/N-ethyl adjacent to an activating group) is 1. The van der Waals surface area contributed by atoms with Gasteiger partial charge in [0.1, 0.15) is 17.7 Å². The predicted molar refractivity (Wildman–Crippen MR) is 172 cm³/mol. The topological polar surface area (TPSA) is 105 Å². The summed E-state index contributed by atoms with van der Waals surface area (Å²) in [4.78, 5) is 29.3. The van der Waals surface area contributed by atoms with Gasteiger partial charge in [0.25, 0.3) is 11.8 Å². The van der Waals surface area contributed by atoms with Crippen LogP contribution in [0.4, 0.5) is 23.4 Å². The predicted octanol–water partition coefficient (Wildman–Crippen LogP) is 5.79. The van der Waals surface area contributed by atoms with Gasteiger partial charge in [-0.05, 0) is 55.0 Å². The zero-order valence-electron chi connectivity index (χ0n) is 25.7. The molecule has 1 aromatic heterocycles. The minimum absolute atomic E-state index is 0.0806.